The number of methoxy groups -OCH3 is 3. The SMILES string of the molecule is COc1ccc(-n2c(N)c(C(=O)NCc3ccc(OC)c(OC)c3)sc2=S)cc1. The Morgan fingerprint density at radius 3 is 2.38 bits per heavy atom. The van der Waals surface area contributed by atoms with Gasteiger partial charge in [0.1, 0.15) is 16.4 Å². The van der Waals surface area contributed by atoms with Gasteiger partial charge in [-0.25, -0.2) is 0 Å². The average Bonchev–Trinajstić information content (AvgIpc) is 3.05. The second-order valence-corrected chi connectivity index (χ2v) is 7.63. The third-order valence-electron chi connectivity index (χ3n) is 4.28. The van der Waals surface area contributed by atoms with Gasteiger partial charge in [-0.1, -0.05) is 17.4 Å². The molecule has 1 aromatic heterocycles. The number of nitrogens with two attached hydrogens (primary N) is 1. The molecule has 3 rings (SSSR count). The number of hydrogen-bond donors (Lipinski definition) is 2. The standard InChI is InChI=1S/C20H21N3O4S2/c1-25-14-7-5-13(6-8-14)23-18(21)17(29-20(23)28)19(24)22-11-12-4-9-15(26-2)16(10-12)27-3/h4-10H,11,21H2,1-3H3,(H,22,24). The zero-order chi connectivity index (χ0) is 21.0. The van der Waals surface area contributed by atoms with Crippen molar-refractivity contribution in [3.63, 3.8) is 0 Å². The van der Waals surface area contributed by atoms with E-state index in [0.29, 0.717) is 32.7 Å². The van der Waals surface area contributed by atoms with Crippen LogP contribution in [0.4, 0.5) is 5.82 Å². The quantitative estimate of drug-likeness (QED) is 0.553. The van der Waals surface area contributed by atoms with E-state index in [-0.39, 0.29) is 5.91 Å². The number of anilines is 1. The van der Waals surface area contributed by atoms with Crippen LogP contribution in [0.2, 0.25) is 0 Å². The molecule has 0 saturated carbocycles. The Bertz CT molecular complexity index is 1070. The van der Waals surface area contributed by atoms with Crippen molar-refractivity contribution in [2.45, 2.75) is 6.54 Å². The smallest absolute Gasteiger partial charge is 0.265 e. The highest BCUT2D eigenvalue weighted by Crippen LogP contribution is 2.29. The van der Waals surface area contributed by atoms with Crippen LogP contribution in [0, 0.1) is 3.95 Å². The summed E-state index contributed by atoms with van der Waals surface area (Å²) in [5.41, 5.74) is 7.87. The van der Waals surface area contributed by atoms with Gasteiger partial charge in [-0.3, -0.25) is 9.36 Å². The van der Waals surface area contributed by atoms with Crippen LogP contribution < -0.4 is 25.3 Å². The third-order valence-corrected chi connectivity index (χ3v) is 5.67. The van der Waals surface area contributed by atoms with Gasteiger partial charge < -0.3 is 25.3 Å². The first-order valence-electron chi connectivity index (χ1n) is 8.63. The highest BCUT2D eigenvalue weighted by molar-refractivity contribution is 7.73. The summed E-state index contributed by atoms with van der Waals surface area (Å²) in [6.07, 6.45) is 0. The van der Waals surface area contributed by atoms with Gasteiger partial charge in [0.2, 0.25) is 0 Å². The van der Waals surface area contributed by atoms with Crippen molar-refractivity contribution in [2.24, 2.45) is 0 Å². The molecule has 3 N–H and O–H groups in total. The lowest BCUT2D eigenvalue weighted by Crippen LogP contribution is -2.23. The number of rotatable bonds is 7. The van der Waals surface area contributed by atoms with Crippen molar-refractivity contribution < 1.29 is 19.0 Å². The Labute approximate surface area is 177 Å². The van der Waals surface area contributed by atoms with E-state index in [1.54, 1.807) is 32.0 Å². The predicted molar refractivity (Wildman–Crippen MR) is 116 cm³/mol. The van der Waals surface area contributed by atoms with Gasteiger partial charge in [0.25, 0.3) is 5.91 Å². The van der Waals surface area contributed by atoms with Crippen molar-refractivity contribution in [3.8, 4) is 22.9 Å². The number of aromatic nitrogens is 1. The number of carbonyl (C=O) groups is 1. The van der Waals surface area contributed by atoms with E-state index in [0.717, 1.165) is 17.0 Å². The van der Waals surface area contributed by atoms with Gasteiger partial charge in [0.05, 0.1) is 21.3 Å². The Hall–Kier alpha value is -3.04. The largest absolute Gasteiger partial charge is 0.497 e. The van der Waals surface area contributed by atoms with Crippen molar-refractivity contribution in [1.82, 2.24) is 9.88 Å². The number of thiazole rings is 1. The molecular formula is C20H21N3O4S2. The molecule has 0 unspecified atom stereocenters. The van der Waals surface area contributed by atoms with Crippen LogP contribution >= 0.6 is 23.6 Å². The van der Waals surface area contributed by atoms with Gasteiger partial charge in [-0.15, -0.1) is 0 Å². The fraction of sp³-hybridized carbons (Fsp3) is 0.200. The van der Waals surface area contributed by atoms with Crippen molar-refractivity contribution >= 4 is 35.3 Å². The van der Waals surface area contributed by atoms with E-state index in [2.05, 4.69) is 5.32 Å². The van der Waals surface area contributed by atoms with Gasteiger partial charge >= 0.3 is 0 Å². The van der Waals surface area contributed by atoms with Crippen LogP contribution in [0.1, 0.15) is 15.2 Å². The Morgan fingerprint density at radius 2 is 1.76 bits per heavy atom. The van der Waals surface area contributed by atoms with Gasteiger partial charge in [-0.05, 0) is 54.2 Å². The van der Waals surface area contributed by atoms with E-state index < -0.39 is 0 Å². The molecule has 2 aromatic carbocycles. The summed E-state index contributed by atoms with van der Waals surface area (Å²) in [4.78, 5) is 13.1. The lowest BCUT2D eigenvalue weighted by atomic mass is 10.2. The number of ether oxygens (including phenoxy) is 3. The van der Waals surface area contributed by atoms with E-state index in [4.69, 9.17) is 32.2 Å². The van der Waals surface area contributed by atoms with Crippen LogP contribution in [0.5, 0.6) is 17.2 Å². The van der Waals surface area contributed by atoms with Crippen molar-refractivity contribution in [1.29, 1.82) is 0 Å². The molecule has 0 bridgehead atoms. The number of carbonyl (C=O) groups excluding carboxylic acids is 1. The minimum Gasteiger partial charge on any atom is -0.497 e. The van der Waals surface area contributed by atoms with Crippen LogP contribution in [0.25, 0.3) is 5.69 Å². The highest BCUT2D eigenvalue weighted by atomic mass is 32.1. The summed E-state index contributed by atoms with van der Waals surface area (Å²) in [7, 11) is 4.74. The normalized spacial score (nSPS) is 10.4. The molecule has 1 heterocycles. The zero-order valence-corrected chi connectivity index (χ0v) is 17.9. The molecule has 3 aromatic rings. The fourth-order valence-corrected chi connectivity index (χ4v) is 4.06. The molecule has 0 aliphatic heterocycles. The van der Waals surface area contributed by atoms with E-state index in [1.165, 1.54) is 11.3 Å². The molecule has 152 valence electrons. The summed E-state index contributed by atoms with van der Waals surface area (Å²) in [5, 5.41) is 2.87. The third kappa shape index (κ3) is 4.36. The molecule has 0 radical (unpaired) electrons. The monoisotopic (exact) mass is 431 g/mol. The molecule has 1 amide bonds. The number of benzene rings is 2. The summed E-state index contributed by atoms with van der Waals surface area (Å²) >= 11 is 6.59. The van der Waals surface area contributed by atoms with Crippen LogP contribution in [-0.2, 0) is 6.54 Å². The van der Waals surface area contributed by atoms with Gasteiger partial charge in [0, 0.05) is 12.2 Å². The number of amides is 1. The van der Waals surface area contributed by atoms with Gasteiger partial charge in [-0.2, -0.15) is 0 Å². The second-order valence-electron chi connectivity index (χ2n) is 5.99. The number of nitrogens with one attached hydrogen (secondary N) is 1. The number of nitrogens with zero attached hydrogens (tertiary/aromatic N) is 1. The maximum Gasteiger partial charge on any atom is 0.265 e. The zero-order valence-electron chi connectivity index (χ0n) is 16.2. The minimum absolute atomic E-state index is 0.291. The summed E-state index contributed by atoms with van der Waals surface area (Å²) in [6, 6.07) is 12.8. The first-order valence-corrected chi connectivity index (χ1v) is 9.85. The number of nitrogen functional groups attached to an aromatic ring is 1. The van der Waals surface area contributed by atoms with Crippen LogP contribution in [0.15, 0.2) is 42.5 Å². The molecule has 0 atom stereocenters. The summed E-state index contributed by atoms with van der Waals surface area (Å²) < 4.78 is 17.8. The molecule has 7 nitrogen and oxygen atoms in total. The maximum absolute atomic E-state index is 12.7. The number of hydrogen-bond acceptors (Lipinski definition) is 7. The summed E-state index contributed by atoms with van der Waals surface area (Å²) in [5.74, 6) is 1.96. The molecule has 0 fully saturated rings. The molecule has 9 heteroatoms. The first kappa shape index (κ1) is 20.7. The predicted octanol–water partition coefficient (Wildman–Crippen LogP) is 3.81. The molecular weight excluding hydrogens is 410 g/mol. The van der Waals surface area contributed by atoms with Crippen molar-refractivity contribution in [3.05, 3.63) is 56.9 Å². The van der Waals surface area contributed by atoms with Crippen LogP contribution in [-0.4, -0.2) is 31.8 Å². The second kappa shape index (κ2) is 8.97. The Morgan fingerprint density at radius 1 is 1.07 bits per heavy atom. The van der Waals surface area contributed by atoms with Gasteiger partial charge in [0.15, 0.2) is 15.5 Å². The molecule has 0 aliphatic carbocycles. The Kier molecular flexibility index (Phi) is 6.40. The minimum atomic E-state index is -0.291. The van der Waals surface area contributed by atoms with E-state index in [9.17, 15) is 4.79 Å². The van der Waals surface area contributed by atoms with Crippen molar-refractivity contribution in [2.75, 3.05) is 27.1 Å². The van der Waals surface area contributed by atoms with E-state index >= 15 is 0 Å². The average molecular weight is 432 g/mol. The maximum atomic E-state index is 12.7. The van der Waals surface area contributed by atoms with Crippen LogP contribution in [0.3, 0.4) is 0 Å². The molecule has 0 spiro atoms. The topological polar surface area (TPSA) is 87.7 Å². The Balaban J connectivity index is 1.79. The first-order chi connectivity index (χ1) is 14.0. The summed E-state index contributed by atoms with van der Waals surface area (Å²) in [6.45, 7) is 0.311. The van der Waals surface area contributed by atoms with E-state index in [1.807, 2.05) is 36.4 Å². The lowest BCUT2D eigenvalue weighted by molar-refractivity contribution is 0.0955. The molecule has 0 aliphatic rings. The molecule has 0 saturated heterocycles. The highest BCUT2D eigenvalue weighted by Gasteiger charge is 2.18. The molecule has 29 heavy (non-hydrogen) atoms. The lowest BCUT2D eigenvalue weighted by Gasteiger charge is -2.10. The fourth-order valence-electron chi connectivity index (χ4n) is 2.78.